The van der Waals surface area contributed by atoms with Gasteiger partial charge in [-0.15, -0.1) is 0 Å². The van der Waals surface area contributed by atoms with Gasteiger partial charge < -0.3 is 14.6 Å². The van der Waals surface area contributed by atoms with E-state index in [1.54, 1.807) is 0 Å². The molecule has 0 aromatic heterocycles. The highest BCUT2D eigenvalue weighted by Crippen LogP contribution is 2.36. The van der Waals surface area contributed by atoms with Crippen molar-refractivity contribution in [3.63, 3.8) is 0 Å². The summed E-state index contributed by atoms with van der Waals surface area (Å²) in [5.41, 5.74) is -0.292. The van der Waals surface area contributed by atoms with Gasteiger partial charge in [-0.3, -0.25) is 0 Å². The molecule has 6 heteroatoms. The van der Waals surface area contributed by atoms with Crippen LogP contribution in [0.4, 0.5) is 13.2 Å². The van der Waals surface area contributed by atoms with Crippen LogP contribution < -0.4 is 0 Å². The van der Waals surface area contributed by atoms with Gasteiger partial charge in [-0.1, -0.05) is 12.1 Å². The van der Waals surface area contributed by atoms with E-state index in [4.69, 9.17) is 4.74 Å². The number of aliphatic hydroxyl groups excluding tert-OH is 1. The molecule has 19 heavy (non-hydrogen) atoms. The van der Waals surface area contributed by atoms with Gasteiger partial charge in [0.2, 0.25) is 0 Å². The number of carbonyl (C=O) groups is 1. The van der Waals surface area contributed by atoms with Crippen molar-refractivity contribution in [1.29, 1.82) is 0 Å². The van der Waals surface area contributed by atoms with Crippen LogP contribution in [0, 0.1) is 5.92 Å². The number of aliphatic hydroxyl groups is 1. The molecule has 0 saturated carbocycles. The Morgan fingerprint density at radius 1 is 1.21 bits per heavy atom. The fourth-order valence-corrected chi connectivity index (χ4v) is 2.15. The average Bonchev–Trinajstić information content (AvgIpc) is 2.38. The van der Waals surface area contributed by atoms with Gasteiger partial charge in [-0.2, -0.15) is 13.2 Å². The molecule has 0 spiro atoms. The van der Waals surface area contributed by atoms with E-state index in [9.17, 15) is 23.1 Å². The summed E-state index contributed by atoms with van der Waals surface area (Å²) in [6, 6.07) is 4.45. The molecule has 1 saturated heterocycles. The lowest BCUT2D eigenvalue weighted by molar-refractivity contribution is -0.184. The largest absolute Gasteiger partial charge is 0.416 e. The summed E-state index contributed by atoms with van der Waals surface area (Å²) >= 11 is 0. The third-order valence-corrected chi connectivity index (χ3v) is 3.18. The maximum Gasteiger partial charge on any atom is 0.416 e. The van der Waals surface area contributed by atoms with Crippen molar-refractivity contribution in [2.24, 2.45) is 5.92 Å². The van der Waals surface area contributed by atoms with E-state index in [-0.39, 0.29) is 0 Å². The summed E-state index contributed by atoms with van der Waals surface area (Å²) < 4.78 is 42.6. The SMILES string of the molecule is O=C[C@H]1CC[C@H](O)O[C@H]1c1ccc(C(F)(F)F)cc1. The first-order chi connectivity index (χ1) is 8.91. The number of benzene rings is 1. The molecule has 1 aromatic rings. The molecule has 1 N–H and O–H groups in total. The van der Waals surface area contributed by atoms with Crippen LogP contribution in [0.1, 0.15) is 30.1 Å². The van der Waals surface area contributed by atoms with E-state index in [0.717, 1.165) is 12.1 Å². The zero-order valence-electron chi connectivity index (χ0n) is 9.93. The summed E-state index contributed by atoms with van der Waals surface area (Å²) in [6.45, 7) is 0. The van der Waals surface area contributed by atoms with Gasteiger partial charge in [0.05, 0.1) is 11.7 Å². The van der Waals surface area contributed by atoms with Crippen LogP contribution >= 0.6 is 0 Å². The molecule has 0 aliphatic carbocycles. The molecule has 0 unspecified atom stereocenters. The van der Waals surface area contributed by atoms with Crippen molar-refractivity contribution in [2.75, 3.05) is 0 Å². The van der Waals surface area contributed by atoms with Crippen molar-refractivity contribution in [1.82, 2.24) is 0 Å². The number of rotatable bonds is 2. The van der Waals surface area contributed by atoms with Gasteiger partial charge in [-0.05, 0) is 30.5 Å². The van der Waals surface area contributed by atoms with Crippen LogP contribution in [-0.4, -0.2) is 17.7 Å². The normalized spacial score (nSPS) is 28.1. The smallest absolute Gasteiger partial charge is 0.368 e. The Bertz CT molecular complexity index is 441. The minimum absolute atomic E-state index is 0.348. The van der Waals surface area contributed by atoms with Gasteiger partial charge in [0.15, 0.2) is 6.29 Å². The summed E-state index contributed by atoms with van der Waals surface area (Å²) in [6.07, 6.45) is -4.55. The Labute approximate surface area is 108 Å². The zero-order valence-corrected chi connectivity index (χ0v) is 9.93. The number of aldehydes is 1. The number of hydrogen-bond acceptors (Lipinski definition) is 3. The maximum atomic E-state index is 12.4. The first-order valence-corrected chi connectivity index (χ1v) is 5.88. The second-order valence-corrected chi connectivity index (χ2v) is 4.51. The Morgan fingerprint density at radius 2 is 1.84 bits per heavy atom. The zero-order chi connectivity index (χ0) is 14.0. The molecule has 2 rings (SSSR count). The van der Waals surface area contributed by atoms with Crippen LogP contribution in [0.25, 0.3) is 0 Å². The summed E-state index contributed by atoms with van der Waals surface area (Å²) in [5.74, 6) is -0.444. The molecular formula is C13H13F3O3. The van der Waals surface area contributed by atoms with Crippen molar-refractivity contribution >= 4 is 6.29 Å². The second kappa shape index (κ2) is 5.30. The highest BCUT2D eigenvalue weighted by Gasteiger charge is 2.33. The van der Waals surface area contributed by atoms with Gasteiger partial charge in [0.1, 0.15) is 6.29 Å². The van der Waals surface area contributed by atoms with Gasteiger partial charge in [0.25, 0.3) is 0 Å². The highest BCUT2D eigenvalue weighted by atomic mass is 19.4. The molecule has 0 radical (unpaired) electrons. The molecule has 1 aliphatic heterocycles. The van der Waals surface area contributed by atoms with E-state index in [2.05, 4.69) is 0 Å². The second-order valence-electron chi connectivity index (χ2n) is 4.51. The fraction of sp³-hybridized carbons (Fsp3) is 0.462. The third kappa shape index (κ3) is 3.13. The maximum absolute atomic E-state index is 12.4. The van der Waals surface area contributed by atoms with E-state index in [0.29, 0.717) is 24.7 Å². The van der Waals surface area contributed by atoms with Gasteiger partial charge in [0, 0.05) is 5.92 Å². The molecule has 3 nitrogen and oxygen atoms in total. The summed E-state index contributed by atoms with van der Waals surface area (Å²) in [7, 11) is 0. The number of alkyl halides is 3. The van der Waals surface area contributed by atoms with Gasteiger partial charge >= 0.3 is 6.18 Å². The van der Waals surface area contributed by atoms with E-state index in [1.165, 1.54) is 12.1 Å². The lowest BCUT2D eigenvalue weighted by atomic mass is 9.90. The predicted octanol–water partition coefficient (Wildman–Crippen LogP) is 2.69. The standard InChI is InChI=1S/C13H13F3O3/c14-13(15,16)10-4-1-8(2-5-10)12-9(7-17)3-6-11(18)19-12/h1-2,4-5,7,9,11-12,18H,3,6H2/t9-,11-,12+/m1/s1. The quantitative estimate of drug-likeness (QED) is 0.843. The van der Waals surface area contributed by atoms with Crippen LogP contribution in [0.2, 0.25) is 0 Å². The van der Waals surface area contributed by atoms with E-state index >= 15 is 0 Å². The minimum Gasteiger partial charge on any atom is -0.368 e. The number of hydrogen-bond donors (Lipinski definition) is 1. The Kier molecular flexibility index (Phi) is 3.91. The summed E-state index contributed by atoms with van der Waals surface area (Å²) in [4.78, 5) is 10.9. The van der Waals surface area contributed by atoms with Crippen LogP contribution in [-0.2, 0) is 15.7 Å². The highest BCUT2D eigenvalue weighted by molar-refractivity contribution is 5.55. The number of halogens is 3. The number of carbonyl (C=O) groups excluding carboxylic acids is 1. The van der Waals surface area contributed by atoms with Gasteiger partial charge in [-0.25, -0.2) is 0 Å². The van der Waals surface area contributed by atoms with Crippen molar-refractivity contribution in [2.45, 2.75) is 31.4 Å². The van der Waals surface area contributed by atoms with Crippen molar-refractivity contribution in [3.8, 4) is 0 Å². The predicted molar refractivity (Wildman–Crippen MR) is 60.1 cm³/mol. The molecule has 1 heterocycles. The first-order valence-electron chi connectivity index (χ1n) is 5.88. The molecule has 1 fully saturated rings. The number of ether oxygens (including phenoxy) is 1. The van der Waals surface area contributed by atoms with Crippen LogP contribution in [0.3, 0.4) is 0 Å². The molecule has 0 bridgehead atoms. The molecule has 1 aliphatic rings. The third-order valence-electron chi connectivity index (χ3n) is 3.18. The van der Waals surface area contributed by atoms with E-state index in [1.807, 2.05) is 0 Å². The lowest BCUT2D eigenvalue weighted by Crippen LogP contribution is -2.30. The molecule has 0 amide bonds. The van der Waals surface area contributed by atoms with Crippen LogP contribution in [0.15, 0.2) is 24.3 Å². The first kappa shape index (κ1) is 14.0. The monoisotopic (exact) mass is 274 g/mol. The van der Waals surface area contributed by atoms with Crippen LogP contribution in [0.5, 0.6) is 0 Å². The molecular weight excluding hydrogens is 261 g/mol. The topological polar surface area (TPSA) is 46.5 Å². The average molecular weight is 274 g/mol. The Hall–Kier alpha value is -1.40. The molecule has 3 atom stereocenters. The molecule has 1 aromatic carbocycles. The fourth-order valence-electron chi connectivity index (χ4n) is 2.15. The van der Waals surface area contributed by atoms with E-state index < -0.39 is 30.1 Å². The minimum atomic E-state index is -4.39. The lowest BCUT2D eigenvalue weighted by Gasteiger charge is -2.31. The molecule has 104 valence electrons. The van der Waals surface area contributed by atoms with Crippen molar-refractivity contribution in [3.05, 3.63) is 35.4 Å². The Balaban J connectivity index is 2.22. The Morgan fingerprint density at radius 3 is 2.37 bits per heavy atom. The van der Waals surface area contributed by atoms with Crippen molar-refractivity contribution < 1.29 is 27.8 Å². The summed E-state index contributed by atoms with van der Waals surface area (Å²) in [5, 5.41) is 9.42.